The van der Waals surface area contributed by atoms with Crippen LogP contribution in [0.1, 0.15) is 0 Å². The molecular formula is C17H18N4O. The van der Waals surface area contributed by atoms with Crippen molar-refractivity contribution in [3.8, 4) is 11.3 Å². The van der Waals surface area contributed by atoms with Gasteiger partial charge in [0, 0.05) is 37.1 Å². The van der Waals surface area contributed by atoms with Crippen molar-refractivity contribution in [2.24, 2.45) is 0 Å². The Morgan fingerprint density at radius 2 is 1.82 bits per heavy atom. The van der Waals surface area contributed by atoms with Crippen molar-refractivity contribution in [2.45, 2.75) is 0 Å². The first kappa shape index (κ1) is 13.3. The van der Waals surface area contributed by atoms with Gasteiger partial charge in [-0.15, -0.1) is 0 Å². The molecule has 0 bridgehead atoms. The van der Waals surface area contributed by atoms with Crippen molar-refractivity contribution in [3.63, 3.8) is 0 Å². The van der Waals surface area contributed by atoms with Crippen molar-refractivity contribution >= 4 is 16.9 Å². The molecule has 5 heteroatoms. The summed E-state index contributed by atoms with van der Waals surface area (Å²) < 4.78 is 5.24. The molecule has 1 aliphatic rings. The molecule has 112 valence electrons. The third-order valence-electron chi connectivity index (χ3n) is 4.17. The minimum Gasteiger partial charge on any atom is -0.472 e. The topological polar surface area (TPSA) is 45.4 Å². The van der Waals surface area contributed by atoms with E-state index in [0.717, 1.165) is 54.3 Å². The Labute approximate surface area is 129 Å². The Morgan fingerprint density at radius 3 is 2.59 bits per heavy atom. The number of aromatic nitrogens is 2. The van der Waals surface area contributed by atoms with E-state index < -0.39 is 0 Å². The number of fused-ring (bicyclic) bond motifs is 1. The van der Waals surface area contributed by atoms with Crippen LogP contribution < -0.4 is 4.90 Å². The molecule has 0 aliphatic carbocycles. The van der Waals surface area contributed by atoms with Crippen LogP contribution in [-0.2, 0) is 0 Å². The summed E-state index contributed by atoms with van der Waals surface area (Å²) in [4.78, 5) is 14.2. The molecule has 4 rings (SSSR count). The van der Waals surface area contributed by atoms with Gasteiger partial charge in [-0.1, -0.05) is 18.2 Å². The van der Waals surface area contributed by atoms with Crippen LogP contribution in [0.4, 0.5) is 5.95 Å². The van der Waals surface area contributed by atoms with Crippen LogP contribution in [-0.4, -0.2) is 48.1 Å². The fourth-order valence-corrected chi connectivity index (χ4v) is 2.83. The second kappa shape index (κ2) is 5.42. The van der Waals surface area contributed by atoms with E-state index in [0.29, 0.717) is 0 Å². The summed E-state index contributed by atoms with van der Waals surface area (Å²) in [5.74, 6) is 0.808. The molecule has 3 aromatic rings. The molecule has 5 nitrogen and oxygen atoms in total. The maximum absolute atomic E-state index is 5.24. The Morgan fingerprint density at radius 1 is 1.00 bits per heavy atom. The van der Waals surface area contributed by atoms with Crippen molar-refractivity contribution in [1.29, 1.82) is 0 Å². The van der Waals surface area contributed by atoms with Crippen LogP contribution in [0, 0.1) is 0 Å². The summed E-state index contributed by atoms with van der Waals surface area (Å²) in [6.45, 7) is 3.99. The predicted octanol–water partition coefficient (Wildman–Crippen LogP) is 2.64. The molecule has 2 aromatic heterocycles. The second-order valence-corrected chi connectivity index (χ2v) is 5.69. The molecule has 1 fully saturated rings. The van der Waals surface area contributed by atoms with Gasteiger partial charge in [0.1, 0.15) is 0 Å². The van der Waals surface area contributed by atoms with E-state index in [1.807, 2.05) is 24.3 Å². The van der Waals surface area contributed by atoms with Gasteiger partial charge in [-0.25, -0.2) is 9.97 Å². The van der Waals surface area contributed by atoms with Gasteiger partial charge in [-0.3, -0.25) is 0 Å². The molecule has 0 amide bonds. The lowest BCUT2D eigenvalue weighted by Crippen LogP contribution is -2.45. The highest BCUT2D eigenvalue weighted by molar-refractivity contribution is 5.92. The van der Waals surface area contributed by atoms with Crippen molar-refractivity contribution in [3.05, 3.63) is 42.9 Å². The lowest BCUT2D eigenvalue weighted by molar-refractivity contribution is 0.311. The van der Waals surface area contributed by atoms with E-state index in [2.05, 4.69) is 22.9 Å². The van der Waals surface area contributed by atoms with Crippen LogP contribution >= 0.6 is 0 Å². The first-order chi connectivity index (χ1) is 10.8. The fourth-order valence-electron chi connectivity index (χ4n) is 2.83. The summed E-state index contributed by atoms with van der Waals surface area (Å²) in [6.07, 6.45) is 3.42. The van der Waals surface area contributed by atoms with Gasteiger partial charge in [0.2, 0.25) is 5.95 Å². The minimum atomic E-state index is 0.808. The van der Waals surface area contributed by atoms with Crippen molar-refractivity contribution in [1.82, 2.24) is 14.9 Å². The zero-order valence-electron chi connectivity index (χ0n) is 12.6. The predicted molar refractivity (Wildman–Crippen MR) is 87.0 cm³/mol. The average molecular weight is 294 g/mol. The Kier molecular flexibility index (Phi) is 3.27. The van der Waals surface area contributed by atoms with E-state index >= 15 is 0 Å². The molecule has 0 unspecified atom stereocenters. The van der Waals surface area contributed by atoms with Gasteiger partial charge in [0.15, 0.2) is 0 Å². The fraction of sp³-hybridized carbons (Fsp3) is 0.294. The molecule has 3 heterocycles. The molecule has 1 aliphatic heterocycles. The molecule has 1 aromatic carbocycles. The van der Waals surface area contributed by atoms with Crippen molar-refractivity contribution < 1.29 is 4.42 Å². The van der Waals surface area contributed by atoms with E-state index in [1.54, 1.807) is 12.5 Å². The SMILES string of the molecule is CN1CCN(c2nc(-c3ccoc3)c3ccccc3n2)CC1. The number of para-hydroxylation sites is 1. The number of rotatable bonds is 2. The maximum Gasteiger partial charge on any atom is 0.226 e. The Balaban J connectivity index is 1.83. The first-order valence-corrected chi connectivity index (χ1v) is 7.54. The lowest BCUT2D eigenvalue weighted by Gasteiger charge is -2.32. The molecule has 1 saturated heterocycles. The Hall–Kier alpha value is -2.40. The molecule has 0 atom stereocenters. The number of benzene rings is 1. The van der Waals surface area contributed by atoms with Gasteiger partial charge in [0.05, 0.1) is 23.7 Å². The Bertz CT molecular complexity index is 776. The van der Waals surface area contributed by atoms with Gasteiger partial charge in [0.25, 0.3) is 0 Å². The van der Waals surface area contributed by atoms with Gasteiger partial charge in [-0.2, -0.15) is 0 Å². The number of piperazine rings is 1. The first-order valence-electron chi connectivity index (χ1n) is 7.54. The number of hydrogen-bond acceptors (Lipinski definition) is 5. The number of nitrogens with zero attached hydrogens (tertiary/aromatic N) is 4. The maximum atomic E-state index is 5.24. The minimum absolute atomic E-state index is 0.808. The number of hydrogen-bond donors (Lipinski definition) is 0. The summed E-state index contributed by atoms with van der Waals surface area (Å²) in [6, 6.07) is 10.1. The van der Waals surface area contributed by atoms with Gasteiger partial charge < -0.3 is 14.2 Å². The highest BCUT2D eigenvalue weighted by Gasteiger charge is 2.19. The molecular weight excluding hydrogens is 276 g/mol. The molecule has 22 heavy (non-hydrogen) atoms. The third-order valence-corrected chi connectivity index (χ3v) is 4.17. The molecule has 0 saturated carbocycles. The van der Waals surface area contributed by atoms with E-state index in [9.17, 15) is 0 Å². The summed E-state index contributed by atoms with van der Waals surface area (Å²) in [7, 11) is 2.15. The number of furan rings is 1. The normalized spacial score (nSPS) is 16.3. The number of likely N-dealkylation sites (N-methyl/N-ethyl adjacent to an activating group) is 1. The van der Waals surface area contributed by atoms with E-state index in [-0.39, 0.29) is 0 Å². The highest BCUT2D eigenvalue weighted by Crippen LogP contribution is 2.28. The molecule has 0 spiro atoms. The van der Waals surface area contributed by atoms with E-state index in [1.165, 1.54) is 0 Å². The largest absolute Gasteiger partial charge is 0.472 e. The van der Waals surface area contributed by atoms with Crippen LogP contribution in [0.15, 0.2) is 47.3 Å². The zero-order valence-corrected chi connectivity index (χ0v) is 12.6. The van der Waals surface area contributed by atoms with Crippen LogP contribution in [0.2, 0.25) is 0 Å². The second-order valence-electron chi connectivity index (χ2n) is 5.69. The van der Waals surface area contributed by atoms with Gasteiger partial charge >= 0.3 is 0 Å². The summed E-state index contributed by atoms with van der Waals surface area (Å²) in [5, 5.41) is 1.06. The van der Waals surface area contributed by atoms with E-state index in [4.69, 9.17) is 14.4 Å². The quantitative estimate of drug-likeness (QED) is 0.727. The molecule has 0 N–H and O–H groups in total. The summed E-state index contributed by atoms with van der Waals surface area (Å²) >= 11 is 0. The third kappa shape index (κ3) is 2.33. The highest BCUT2D eigenvalue weighted by atomic mass is 16.3. The van der Waals surface area contributed by atoms with Crippen molar-refractivity contribution in [2.75, 3.05) is 38.1 Å². The zero-order chi connectivity index (χ0) is 14.9. The summed E-state index contributed by atoms with van der Waals surface area (Å²) in [5.41, 5.74) is 2.91. The van der Waals surface area contributed by atoms with Gasteiger partial charge in [-0.05, 0) is 19.2 Å². The lowest BCUT2D eigenvalue weighted by atomic mass is 10.1. The number of anilines is 1. The van der Waals surface area contributed by atoms with Crippen LogP contribution in [0.3, 0.4) is 0 Å². The average Bonchev–Trinajstić information content (AvgIpc) is 3.09. The molecule has 0 radical (unpaired) electrons. The van der Waals surface area contributed by atoms with Crippen LogP contribution in [0.5, 0.6) is 0 Å². The standard InChI is InChI=1S/C17H18N4O/c1-20-7-9-21(10-8-20)17-18-15-5-3-2-4-14(15)16(19-17)13-6-11-22-12-13/h2-6,11-12H,7-10H2,1H3. The van der Waals surface area contributed by atoms with Crippen LogP contribution in [0.25, 0.3) is 22.2 Å². The smallest absolute Gasteiger partial charge is 0.226 e. The monoisotopic (exact) mass is 294 g/mol.